The normalized spacial score (nSPS) is 12.2. The average molecular weight is 340 g/mol. The SMILES string of the molecule is C=CCCCCCOc1c(C)cc(Br)cc1CC(C)N. The van der Waals surface area contributed by atoms with Crippen LogP contribution in [0.5, 0.6) is 5.75 Å². The monoisotopic (exact) mass is 339 g/mol. The maximum Gasteiger partial charge on any atom is 0.125 e. The van der Waals surface area contributed by atoms with Gasteiger partial charge < -0.3 is 10.5 Å². The number of allylic oxidation sites excluding steroid dienone is 1. The molecule has 0 saturated carbocycles. The van der Waals surface area contributed by atoms with Crippen molar-refractivity contribution in [2.45, 2.75) is 52.0 Å². The number of hydrogen-bond donors (Lipinski definition) is 1. The van der Waals surface area contributed by atoms with E-state index in [1.807, 2.05) is 13.0 Å². The van der Waals surface area contributed by atoms with Crippen molar-refractivity contribution in [2.24, 2.45) is 5.73 Å². The van der Waals surface area contributed by atoms with E-state index in [2.05, 4.69) is 41.6 Å². The van der Waals surface area contributed by atoms with Crippen molar-refractivity contribution >= 4 is 15.9 Å². The molecule has 112 valence electrons. The fourth-order valence-corrected chi connectivity index (χ4v) is 2.87. The highest BCUT2D eigenvalue weighted by Gasteiger charge is 2.10. The van der Waals surface area contributed by atoms with Crippen molar-refractivity contribution in [3.8, 4) is 5.75 Å². The van der Waals surface area contributed by atoms with Crippen LogP contribution in [0.2, 0.25) is 0 Å². The summed E-state index contributed by atoms with van der Waals surface area (Å²) in [6.07, 6.45) is 7.36. The molecule has 1 rings (SSSR count). The minimum Gasteiger partial charge on any atom is -0.493 e. The smallest absolute Gasteiger partial charge is 0.125 e. The van der Waals surface area contributed by atoms with Crippen molar-refractivity contribution in [1.82, 2.24) is 0 Å². The van der Waals surface area contributed by atoms with Gasteiger partial charge in [-0.2, -0.15) is 0 Å². The summed E-state index contributed by atoms with van der Waals surface area (Å²) in [6.45, 7) is 8.62. The summed E-state index contributed by atoms with van der Waals surface area (Å²) in [7, 11) is 0. The number of benzene rings is 1. The first kappa shape index (κ1) is 17.3. The molecule has 0 fully saturated rings. The van der Waals surface area contributed by atoms with Crippen LogP contribution in [-0.4, -0.2) is 12.6 Å². The molecule has 3 heteroatoms. The number of nitrogens with two attached hydrogens (primary N) is 1. The summed E-state index contributed by atoms with van der Waals surface area (Å²) in [4.78, 5) is 0. The van der Waals surface area contributed by atoms with Gasteiger partial charge in [-0.25, -0.2) is 0 Å². The number of aryl methyl sites for hydroxylation is 1. The number of rotatable bonds is 9. The van der Waals surface area contributed by atoms with Gasteiger partial charge in [0.15, 0.2) is 0 Å². The minimum absolute atomic E-state index is 0.138. The molecule has 0 amide bonds. The number of hydrogen-bond acceptors (Lipinski definition) is 2. The molecular weight excluding hydrogens is 314 g/mol. The zero-order chi connectivity index (χ0) is 15.0. The predicted molar refractivity (Wildman–Crippen MR) is 90.4 cm³/mol. The second-order valence-electron chi connectivity index (χ2n) is 5.38. The maximum absolute atomic E-state index is 6.00. The summed E-state index contributed by atoms with van der Waals surface area (Å²) in [5.74, 6) is 1.01. The first-order valence-electron chi connectivity index (χ1n) is 7.33. The largest absolute Gasteiger partial charge is 0.493 e. The molecule has 0 spiro atoms. The number of halogens is 1. The van der Waals surface area contributed by atoms with Gasteiger partial charge in [0.2, 0.25) is 0 Å². The molecule has 0 aliphatic carbocycles. The van der Waals surface area contributed by atoms with Crippen LogP contribution in [0.4, 0.5) is 0 Å². The molecule has 0 saturated heterocycles. The lowest BCUT2D eigenvalue weighted by Gasteiger charge is -2.16. The van der Waals surface area contributed by atoms with E-state index in [-0.39, 0.29) is 6.04 Å². The standard InChI is InChI=1S/C17H26BrNO/c1-4-5-6-7-8-9-20-17-13(2)10-16(18)12-15(17)11-14(3)19/h4,10,12,14H,1,5-9,11,19H2,2-3H3. The van der Waals surface area contributed by atoms with Crippen LogP contribution in [0.15, 0.2) is 29.3 Å². The van der Waals surface area contributed by atoms with Gasteiger partial charge in [-0.1, -0.05) is 22.0 Å². The van der Waals surface area contributed by atoms with Gasteiger partial charge in [-0.3, -0.25) is 0 Å². The molecule has 0 aliphatic rings. The van der Waals surface area contributed by atoms with Crippen molar-refractivity contribution in [1.29, 1.82) is 0 Å². The molecule has 2 nitrogen and oxygen atoms in total. The third-order valence-corrected chi connectivity index (χ3v) is 3.62. The lowest BCUT2D eigenvalue weighted by atomic mass is 10.0. The molecule has 0 aromatic heterocycles. The lowest BCUT2D eigenvalue weighted by Crippen LogP contribution is -2.18. The zero-order valence-electron chi connectivity index (χ0n) is 12.6. The van der Waals surface area contributed by atoms with Gasteiger partial charge in [0, 0.05) is 10.5 Å². The first-order valence-corrected chi connectivity index (χ1v) is 8.12. The van der Waals surface area contributed by atoms with Crippen LogP contribution in [0, 0.1) is 6.92 Å². The summed E-state index contributed by atoms with van der Waals surface area (Å²) in [5, 5.41) is 0. The molecule has 0 heterocycles. The minimum atomic E-state index is 0.138. The molecule has 0 radical (unpaired) electrons. The molecule has 1 unspecified atom stereocenters. The third kappa shape index (κ3) is 6.10. The fraction of sp³-hybridized carbons (Fsp3) is 0.529. The number of unbranched alkanes of at least 4 members (excludes halogenated alkanes) is 3. The fourth-order valence-electron chi connectivity index (χ4n) is 2.25. The van der Waals surface area contributed by atoms with Crippen LogP contribution in [0.3, 0.4) is 0 Å². The molecule has 0 bridgehead atoms. The first-order chi connectivity index (χ1) is 9.54. The van der Waals surface area contributed by atoms with Crippen LogP contribution in [-0.2, 0) is 6.42 Å². The van der Waals surface area contributed by atoms with Crippen LogP contribution >= 0.6 is 15.9 Å². The molecule has 1 aromatic carbocycles. The third-order valence-electron chi connectivity index (χ3n) is 3.16. The summed E-state index contributed by atoms with van der Waals surface area (Å²) in [6, 6.07) is 4.35. The van der Waals surface area contributed by atoms with Crippen molar-refractivity contribution in [2.75, 3.05) is 6.61 Å². The summed E-state index contributed by atoms with van der Waals surface area (Å²) in [5.41, 5.74) is 8.28. The van der Waals surface area contributed by atoms with E-state index < -0.39 is 0 Å². The quantitative estimate of drug-likeness (QED) is 0.519. The Bertz CT molecular complexity index is 429. The van der Waals surface area contributed by atoms with Crippen molar-refractivity contribution in [3.63, 3.8) is 0 Å². The summed E-state index contributed by atoms with van der Waals surface area (Å²) >= 11 is 3.54. The Labute approximate surface area is 131 Å². The highest BCUT2D eigenvalue weighted by molar-refractivity contribution is 9.10. The van der Waals surface area contributed by atoms with Crippen LogP contribution in [0.1, 0.15) is 43.7 Å². The van der Waals surface area contributed by atoms with Gasteiger partial charge in [0.05, 0.1) is 6.61 Å². The molecule has 1 atom stereocenters. The van der Waals surface area contributed by atoms with Gasteiger partial charge in [0.25, 0.3) is 0 Å². The Morgan fingerprint density at radius 3 is 2.75 bits per heavy atom. The Kier molecular flexibility index (Phi) is 7.93. The molecule has 0 aliphatic heterocycles. The van der Waals surface area contributed by atoms with E-state index in [4.69, 9.17) is 10.5 Å². The van der Waals surface area contributed by atoms with Gasteiger partial charge in [-0.05, 0) is 69.2 Å². The summed E-state index contributed by atoms with van der Waals surface area (Å²) < 4.78 is 7.09. The van der Waals surface area contributed by atoms with E-state index in [0.29, 0.717) is 0 Å². The highest BCUT2D eigenvalue weighted by Crippen LogP contribution is 2.29. The Balaban J connectivity index is 2.60. The topological polar surface area (TPSA) is 35.2 Å². The van der Waals surface area contributed by atoms with Crippen LogP contribution in [0.25, 0.3) is 0 Å². The van der Waals surface area contributed by atoms with E-state index in [1.54, 1.807) is 0 Å². The number of ether oxygens (including phenoxy) is 1. The zero-order valence-corrected chi connectivity index (χ0v) is 14.2. The van der Waals surface area contributed by atoms with E-state index in [1.165, 1.54) is 24.0 Å². The van der Waals surface area contributed by atoms with Crippen molar-refractivity contribution < 1.29 is 4.74 Å². The Morgan fingerprint density at radius 1 is 1.35 bits per heavy atom. The second kappa shape index (κ2) is 9.19. The van der Waals surface area contributed by atoms with Gasteiger partial charge in [-0.15, -0.1) is 6.58 Å². The molecule has 2 N–H and O–H groups in total. The molecule has 1 aromatic rings. The van der Waals surface area contributed by atoms with E-state index >= 15 is 0 Å². The predicted octanol–water partition coefficient (Wildman–Crippen LogP) is 4.77. The maximum atomic E-state index is 6.00. The average Bonchev–Trinajstić information content (AvgIpc) is 2.35. The second-order valence-corrected chi connectivity index (χ2v) is 6.29. The Hall–Kier alpha value is -0.800. The van der Waals surface area contributed by atoms with Gasteiger partial charge in [0.1, 0.15) is 5.75 Å². The highest BCUT2D eigenvalue weighted by atomic mass is 79.9. The van der Waals surface area contributed by atoms with Gasteiger partial charge >= 0.3 is 0 Å². The van der Waals surface area contributed by atoms with E-state index in [0.717, 1.165) is 36.1 Å². The lowest BCUT2D eigenvalue weighted by molar-refractivity contribution is 0.300. The van der Waals surface area contributed by atoms with Crippen molar-refractivity contribution in [3.05, 3.63) is 40.4 Å². The molecular formula is C17H26BrNO. The van der Waals surface area contributed by atoms with E-state index in [9.17, 15) is 0 Å². The Morgan fingerprint density at radius 2 is 2.10 bits per heavy atom. The molecule has 20 heavy (non-hydrogen) atoms. The van der Waals surface area contributed by atoms with Crippen LogP contribution < -0.4 is 10.5 Å².